The van der Waals surface area contributed by atoms with Crippen LogP contribution in [0.2, 0.25) is 5.02 Å². The van der Waals surface area contributed by atoms with Crippen LogP contribution in [-0.4, -0.2) is 22.5 Å². The summed E-state index contributed by atoms with van der Waals surface area (Å²) in [6, 6.07) is 26.1. The number of nitrogens with two attached hydrogens (primary N) is 1. The van der Waals surface area contributed by atoms with Crippen molar-refractivity contribution >= 4 is 34.9 Å². The predicted molar refractivity (Wildman–Crippen MR) is 138 cm³/mol. The van der Waals surface area contributed by atoms with E-state index in [0.29, 0.717) is 22.1 Å². The number of rotatable bonds is 7. The van der Waals surface area contributed by atoms with Gasteiger partial charge in [0.2, 0.25) is 5.91 Å². The summed E-state index contributed by atoms with van der Waals surface area (Å²) in [6.07, 6.45) is 1.88. The molecule has 3 amide bonds. The summed E-state index contributed by atoms with van der Waals surface area (Å²) in [7, 11) is 0. The maximum Gasteiger partial charge on any atom is 0.327 e. The molecule has 0 aliphatic heterocycles. The van der Waals surface area contributed by atoms with Crippen molar-refractivity contribution in [2.45, 2.75) is 12.5 Å². The first-order valence-electron chi connectivity index (χ1n) is 10.9. The summed E-state index contributed by atoms with van der Waals surface area (Å²) in [6.45, 7) is 0. The molecule has 0 fully saturated rings. The second kappa shape index (κ2) is 10.7. The number of hydrogen-bond donors (Lipinski definition) is 2. The van der Waals surface area contributed by atoms with Gasteiger partial charge in [-0.2, -0.15) is 0 Å². The van der Waals surface area contributed by atoms with E-state index in [-0.39, 0.29) is 12.0 Å². The zero-order chi connectivity index (χ0) is 24.8. The number of hydrogen-bond acceptors (Lipinski definition) is 3. The number of anilines is 2. The third kappa shape index (κ3) is 5.77. The Hall–Kier alpha value is -4.36. The van der Waals surface area contributed by atoms with Crippen LogP contribution in [0.1, 0.15) is 5.56 Å². The topological polar surface area (TPSA) is 97.4 Å². The van der Waals surface area contributed by atoms with Crippen molar-refractivity contribution in [3.05, 3.63) is 124 Å². The monoisotopic (exact) mass is 486 g/mol. The molecule has 1 aromatic heterocycles. The van der Waals surface area contributed by atoms with Crippen molar-refractivity contribution in [3.63, 3.8) is 0 Å². The second-order valence-corrected chi connectivity index (χ2v) is 8.28. The largest absolute Gasteiger partial charge is 0.368 e. The summed E-state index contributed by atoms with van der Waals surface area (Å²) >= 11 is 5.96. The molecule has 7 nitrogen and oxygen atoms in total. The minimum atomic E-state index is -0.963. The summed E-state index contributed by atoms with van der Waals surface area (Å²) in [4.78, 5) is 39.6. The van der Waals surface area contributed by atoms with E-state index in [1.54, 1.807) is 66.9 Å². The second-order valence-electron chi connectivity index (χ2n) is 7.84. The van der Waals surface area contributed by atoms with Gasteiger partial charge >= 0.3 is 6.03 Å². The molecule has 0 aliphatic rings. The van der Waals surface area contributed by atoms with E-state index in [9.17, 15) is 14.4 Å². The van der Waals surface area contributed by atoms with E-state index < -0.39 is 18.0 Å². The molecule has 3 aromatic carbocycles. The number of nitrogens with one attached hydrogen (secondary N) is 1. The molecule has 8 heteroatoms. The van der Waals surface area contributed by atoms with Crippen molar-refractivity contribution in [1.29, 1.82) is 0 Å². The van der Waals surface area contributed by atoms with Gasteiger partial charge in [0.05, 0.1) is 0 Å². The number of carbonyl (C=O) groups is 2. The molecule has 0 saturated heterocycles. The average Bonchev–Trinajstić information content (AvgIpc) is 2.86. The molecule has 4 aromatic rings. The van der Waals surface area contributed by atoms with E-state index in [1.807, 2.05) is 30.3 Å². The summed E-state index contributed by atoms with van der Waals surface area (Å²) in [5, 5.41) is 3.34. The number of benzene rings is 3. The van der Waals surface area contributed by atoms with Crippen molar-refractivity contribution in [2.24, 2.45) is 5.73 Å². The number of pyridine rings is 1. The molecule has 0 saturated carbocycles. The lowest BCUT2D eigenvalue weighted by Gasteiger charge is -2.30. The van der Waals surface area contributed by atoms with E-state index in [0.717, 1.165) is 5.56 Å². The number of nitrogens with zero attached hydrogens (tertiary/aromatic N) is 2. The Morgan fingerprint density at radius 1 is 0.886 bits per heavy atom. The van der Waals surface area contributed by atoms with Gasteiger partial charge in [0.1, 0.15) is 6.04 Å². The zero-order valence-corrected chi connectivity index (χ0v) is 19.4. The first-order chi connectivity index (χ1) is 16.9. The van der Waals surface area contributed by atoms with E-state index in [4.69, 9.17) is 17.3 Å². The van der Waals surface area contributed by atoms with Gasteiger partial charge in [-0.25, -0.2) is 4.79 Å². The third-order valence-electron chi connectivity index (χ3n) is 5.45. The van der Waals surface area contributed by atoms with Gasteiger partial charge in [-0.05, 0) is 60.2 Å². The lowest BCUT2D eigenvalue weighted by molar-refractivity contribution is -0.119. The van der Waals surface area contributed by atoms with Crippen LogP contribution in [0.25, 0.3) is 5.69 Å². The Morgan fingerprint density at radius 3 is 2.17 bits per heavy atom. The fourth-order valence-electron chi connectivity index (χ4n) is 3.73. The molecule has 0 bridgehead atoms. The van der Waals surface area contributed by atoms with Crippen LogP contribution in [0.4, 0.5) is 16.2 Å². The number of aromatic nitrogens is 1. The number of halogens is 1. The van der Waals surface area contributed by atoms with Crippen molar-refractivity contribution in [3.8, 4) is 5.69 Å². The fraction of sp³-hybridized carbons (Fsp3) is 0.0741. The first kappa shape index (κ1) is 23.8. The van der Waals surface area contributed by atoms with Gasteiger partial charge < -0.3 is 11.1 Å². The Labute approximate surface area is 207 Å². The number of carbonyl (C=O) groups excluding carboxylic acids is 2. The highest BCUT2D eigenvalue weighted by atomic mass is 35.5. The molecular weight excluding hydrogens is 464 g/mol. The van der Waals surface area contributed by atoms with Gasteiger partial charge in [0.15, 0.2) is 0 Å². The molecule has 176 valence electrons. The van der Waals surface area contributed by atoms with Crippen molar-refractivity contribution in [2.75, 3.05) is 10.2 Å². The van der Waals surface area contributed by atoms with E-state index in [2.05, 4.69) is 5.32 Å². The quantitative estimate of drug-likeness (QED) is 0.398. The SMILES string of the molecule is NC(=O)[C@H](Cc1ccccc1)N(C(=O)Nc1ccc(Cl)cc1)c1ccc(-n2ccccc2=O)cc1. The lowest BCUT2D eigenvalue weighted by Crippen LogP contribution is -2.51. The minimum Gasteiger partial charge on any atom is -0.368 e. The number of amides is 3. The van der Waals surface area contributed by atoms with Gasteiger partial charge in [-0.1, -0.05) is 48.0 Å². The Balaban J connectivity index is 1.71. The Kier molecular flexibility index (Phi) is 7.28. The highest BCUT2D eigenvalue weighted by molar-refractivity contribution is 6.30. The molecule has 35 heavy (non-hydrogen) atoms. The molecule has 0 unspecified atom stereocenters. The minimum absolute atomic E-state index is 0.184. The van der Waals surface area contributed by atoms with Crippen LogP contribution in [0.3, 0.4) is 0 Å². The van der Waals surface area contributed by atoms with Crippen LogP contribution in [0.15, 0.2) is 108 Å². The molecule has 3 N–H and O–H groups in total. The van der Waals surface area contributed by atoms with Gasteiger partial charge in [0.25, 0.3) is 5.56 Å². The van der Waals surface area contributed by atoms with E-state index in [1.165, 1.54) is 15.5 Å². The maximum absolute atomic E-state index is 13.5. The molecule has 1 heterocycles. The zero-order valence-electron chi connectivity index (χ0n) is 18.7. The molecule has 4 rings (SSSR count). The maximum atomic E-state index is 13.5. The lowest BCUT2D eigenvalue weighted by atomic mass is 10.0. The van der Waals surface area contributed by atoms with Crippen LogP contribution in [0, 0.1) is 0 Å². The van der Waals surface area contributed by atoms with Crippen molar-refractivity contribution < 1.29 is 9.59 Å². The highest BCUT2D eigenvalue weighted by Crippen LogP contribution is 2.23. The van der Waals surface area contributed by atoms with Crippen LogP contribution >= 0.6 is 11.6 Å². The first-order valence-corrected chi connectivity index (χ1v) is 11.3. The smallest absolute Gasteiger partial charge is 0.327 e. The van der Waals surface area contributed by atoms with Gasteiger partial charge in [-0.15, -0.1) is 0 Å². The summed E-state index contributed by atoms with van der Waals surface area (Å²) < 4.78 is 1.48. The number of primary amides is 1. The molecule has 1 atom stereocenters. The Morgan fingerprint density at radius 2 is 1.54 bits per heavy atom. The van der Waals surface area contributed by atoms with Crippen LogP contribution < -0.4 is 21.5 Å². The van der Waals surface area contributed by atoms with Crippen molar-refractivity contribution in [1.82, 2.24) is 4.57 Å². The van der Waals surface area contributed by atoms with Gasteiger partial charge in [-0.3, -0.25) is 19.1 Å². The van der Waals surface area contributed by atoms with E-state index >= 15 is 0 Å². The fourth-order valence-corrected chi connectivity index (χ4v) is 3.85. The molecule has 0 radical (unpaired) electrons. The average molecular weight is 487 g/mol. The standard InChI is InChI=1S/C27H23ClN4O3/c28-20-9-11-21(12-10-20)30-27(35)32(24(26(29)34)18-19-6-2-1-3-7-19)23-15-13-22(14-16-23)31-17-5-4-8-25(31)33/h1-17,24H,18H2,(H2,29,34)(H,30,35)/t24-/m0/s1. The van der Waals surface area contributed by atoms with Gasteiger partial charge in [0, 0.05) is 40.8 Å². The highest BCUT2D eigenvalue weighted by Gasteiger charge is 2.30. The predicted octanol–water partition coefficient (Wildman–Crippen LogP) is 4.63. The summed E-state index contributed by atoms with van der Waals surface area (Å²) in [5.41, 5.74) is 8.05. The normalized spacial score (nSPS) is 11.5. The molecular formula is C27H23ClN4O3. The molecule has 0 spiro atoms. The molecule has 0 aliphatic carbocycles. The number of urea groups is 1. The van der Waals surface area contributed by atoms with Crippen LogP contribution in [0.5, 0.6) is 0 Å². The third-order valence-corrected chi connectivity index (χ3v) is 5.71. The Bertz CT molecular complexity index is 1370. The summed E-state index contributed by atoms with van der Waals surface area (Å²) in [5.74, 6) is -0.650. The van der Waals surface area contributed by atoms with Crippen LogP contribution in [-0.2, 0) is 11.2 Å².